The average molecular weight is 249 g/mol. The molecule has 98 valence electrons. The van der Waals surface area contributed by atoms with Gasteiger partial charge in [0.25, 0.3) is 0 Å². The van der Waals surface area contributed by atoms with Crippen molar-refractivity contribution in [2.45, 2.75) is 0 Å². The van der Waals surface area contributed by atoms with Crippen LogP contribution in [0.5, 0.6) is 5.75 Å². The first-order valence-corrected chi connectivity index (χ1v) is 6.10. The molecule has 1 fully saturated rings. The maximum atomic E-state index is 12.3. The molecule has 0 unspecified atom stereocenters. The molecule has 1 N–H and O–H groups in total. The Morgan fingerprint density at radius 3 is 2.78 bits per heavy atom. The molecule has 1 aromatic carbocycles. The maximum absolute atomic E-state index is 12.3. The summed E-state index contributed by atoms with van der Waals surface area (Å²) in [7, 11) is 3.41. The molecule has 5 heteroatoms. The highest BCUT2D eigenvalue weighted by molar-refractivity contribution is 5.91. The van der Waals surface area contributed by atoms with Crippen LogP contribution in [0.1, 0.15) is 0 Å². The lowest BCUT2D eigenvalue weighted by Crippen LogP contribution is -2.50. The number of urea groups is 1. The highest BCUT2D eigenvalue weighted by atomic mass is 16.5. The van der Waals surface area contributed by atoms with Crippen molar-refractivity contribution in [1.29, 1.82) is 0 Å². The van der Waals surface area contributed by atoms with Gasteiger partial charge in [0.15, 0.2) is 0 Å². The standard InChI is InChI=1S/C13H19N3O2/c1-15(11-4-3-5-12(10-11)18-2)13(17)16-8-6-14-7-9-16/h3-5,10,14H,6-9H2,1-2H3. The van der Waals surface area contributed by atoms with Crippen molar-refractivity contribution >= 4 is 11.7 Å². The molecule has 0 atom stereocenters. The van der Waals surface area contributed by atoms with E-state index in [1.54, 1.807) is 19.1 Å². The van der Waals surface area contributed by atoms with E-state index < -0.39 is 0 Å². The van der Waals surface area contributed by atoms with Crippen molar-refractivity contribution in [2.75, 3.05) is 45.2 Å². The van der Waals surface area contributed by atoms with E-state index in [2.05, 4.69) is 5.32 Å². The van der Waals surface area contributed by atoms with Crippen LogP contribution in [0.2, 0.25) is 0 Å². The second-order valence-corrected chi connectivity index (χ2v) is 4.28. The normalized spacial score (nSPS) is 15.3. The van der Waals surface area contributed by atoms with Crippen molar-refractivity contribution < 1.29 is 9.53 Å². The molecule has 0 radical (unpaired) electrons. The number of ether oxygens (including phenoxy) is 1. The van der Waals surface area contributed by atoms with Gasteiger partial charge in [0.2, 0.25) is 0 Å². The summed E-state index contributed by atoms with van der Waals surface area (Å²) in [5, 5.41) is 3.23. The smallest absolute Gasteiger partial charge is 0.324 e. The van der Waals surface area contributed by atoms with Gasteiger partial charge < -0.3 is 15.0 Å². The van der Waals surface area contributed by atoms with Crippen LogP contribution in [0, 0.1) is 0 Å². The number of hydrogen-bond donors (Lipinski definition) is 1. The van der Waals surface area contributed by atoms with Crippen LogP contribution in [-0.4, -0.2) is 51.3 Å². The molecule has 0 bridgehead atoms. The summed E-state index contributed by atoms with van der Waals surface area (Å²) >= 11 is 0. The summed E-state index contributed by atoms with van der Waals surface area (Å²) in [6.45, 7) is 3.23. The van der Waals surface area contributed by atoms with Crippen LogP contribution in [0.3, 0.4) is 0 Å². The minimum absolute atomic E-state index is 0.0322. The van der Waals surface area contributed by atoms with Gasteiger partial charge in [-0.1, -0.05) is 6.07 Å². The molecule has 1 heterocycles. The number of piperazine rings is 1. The first kappa shape index (κ1) is 12.7. The zero-order valence-corrected chi connectivity index (χ0v) is 10.8. The molecule has 0 aromatic heterocycles. The fourth-order valence-electron chi connectivity index (χ4n) is 2.00. The number of anilines is 1. The lowest BCUT2D eigenvalue weighted by atomic mass is 10.3. The topological polar surface area (TPSA) is 44.8 Å². The van der Waals surface area contributed by atoms with E-state index in [9.17, 15) is 4.79 Å². The van der Waals surface area contributed by atoms with Crippen molar-refractivity contribution in [3.8, 4) is 5.75 Å². The summed E-state index contributed by atoms with van der Waals surface area (Å²) in [6.07, 6.45) is 0. The zero-order valence-electron chi connectivity index (χ0n) is 10.8. The van der Waals surface area contributed by atoms with Crippen LogP contribution in [0.15, 0.2) is 24.3 Å². The Morgan fingerprint density at radius 1 is 1.39 bits per heavy atom. The number of amides is 2. The Bertz CT molecular complexity index is 416. The monoisotopic (exact) mass is 249 g/mol. The van der Waals surface area contributed by atoms with Gasteiger partial charge in [0.05, 0.1) is 7.11 Å². The summed E-state index contributed by atoms with van der Waals surface area (Å²) in [6, 6.07) is 7.55. The predicted octanol–water partition coefficient (Wildman–Crippen LogP) is 1.16. The van der Waals surface area contributed by atoms with Gasteiger partial charge in [-0.3, -0.25) is 4.90 Å². The van der Waals surface area contributed by atoms with E-state index in [1.165, 1.54) is 0 Å². The fraction of sp³-hybridized carbons (Fsp3) is 0.462. The summed E-state index contributed by atoms with van der Waals surface area (Å²) in [5.74, 6) is 0.757. The average Bonchev–Trinajstić information content (AvgIpc) is 2.46. The third-order valence-electron chi connectivity index (χ3n) is 3.12. The number of methoxy groups -OCH3 is 1. The summed E-state index contributed by atoms with van der Waals surface area (Å²) < 4.78 is 5.17. The van der Waals surface area contributed by atoms with Gasteiger partial charge in [-0.25, -0.2) is 4.79 Å². The van der Waals surface area contributed by atoms with E-state index in [0.29, 0.717) is 0 Å². The number of nitrogens with zero attached hydrogens (tertiary/aromatic N) is 2. The number of hydrogen-bond acceptors (Lipinski definition) is 3. The second kappa shape index (κ2) is 5.73. The third-order valence-corrected chi connectivity index (χ3v) is 3.12. The molecule has 1 aliphatic rings. The quantitative estimate of drug-likeness (QED) is 0.855. The van der Waals surface area contributed by atoms with E-state index in [4.69, 9.17) is 4.74 Å². The van der Waals surface area contributed by atoms with E-state index in [-0.39, 0.29) is 6.03 Å². The molecular formula is C13H19N3O2. The van der Waals surface area contributed by atoms with E-state index in [1.807, 2.05) is 29.2 Å². The largest absolute Gasteiger partial charge is 0.497 e. The minimum atomic E-state index is 0.0322. The number of nitrogens with one attached hydrogen (secondary N) is 1. The fourth-order valence-corrected chi connectivity index (χ4v) is 2.00. The highest BCUT2D eigenvalue weighted by Gasteiger charge is 2.20. The number of rotatable bonds is 2. The summed E-state index contributed by atoms with van der Waals surface area (Å²) in [5.41, 5.74) is 0.845. The minimum Gasteiger partial charge on any atom is -0.497 e. The molecule has 1 aromatic rings. The molecular weight excluding hydrogens is 230 g/mol. The van der Waals surface area contributed by atoms with Gasteiger partial charge in [0, 0.05) is 45.0 Å². The van der Waals surface area contributed by atoms with Crippen molar-refractivity contribution in [1.82, 2.24) is 10.2 Å². The Hall–Kier alpha value is -1.75. The third kappa shape index (κ3) is 2.73. The lowest BCUT2D eigenvalue weighted by Gasteiger charge is -2.31. The van der Waals surface area contributed by atoms with Crippen molar-refractivity contribution in [3.63, 3.8) is 0 Å². The number of carbonyl (C=O) groups is 1. The second-order valence-electron chi connectivity index (χ2n) is 4.28. The van der Waals surface area contributed by atoms with Gasteiger partial charge in [0.1, 0.15) is 5.75 Å². The Balaban J connectivity index is 2.09. The Morgan fingerprint density at radius 2 is 2.11 bits per heavy atom. The zero-order chi connectivity index (χ0) is 13.0. The van der Waals surface area contributed by atoms with E-state index in [0.717, 1.165) is 37.6 Å². The first-order chi connectivity index (χ1) is 8.72. The van der Waals surface area contributed by atoms with Crippen LogP contribution >= 0.6 is 0 Å². The molecule has 1 aliphatic heterocycles. The molecule has 2 rings (SSSR count). The van der Waals surface area contributed by atoms with Crippen LogP contribution in [0.25, 0.3) is 0 Å². The Kier molecular flexibility index (Phi) is 4.04. The van der Waals surface area contributed by atoms with Gasteiger partial charge in [-0.05, 0) is 12.1 Å². The molecule has 0 aliphatic carbocycles. The Labute approximate surface area is 107 Å². The maximum Gasteiger partial charge on any atom is 0.324 e. The van der Waals surface area contributed by atoms with Crippen molar-refractivity contribution in [3.05, 3.63) is 24.3 Å². The van der Waals surface area contributed by atoms with Crippen LogP contribution in [0.4, 0.5) is 10.5 Å². The predicted molar refractivity (Wildman–Crippen MR) is 71.2 cm³/mol. The van der Waals surface area contributed by atoms with Crippen LogP contribution < -0.4 is 15.0 Å². The van der Waals surface area contributed by atoms with Crippen molar-refractivity contribution in [2.24, 2.45) is 0 Å². The molecule has 2 amide bonds. The first-order valence-electron chi connectivity index (χ1n) is 6.10. The number of carbonyl (C=O) groups excluding carboxylic acids is 1. The molecule has 0 spiro atoms. The summed E-state index contributed by atoms with van der Waals surface area (Å²) in [4.78, 5) is 15.8. The lowest BCUT2D eigenvalue weighted by molar-refractivity contribution is 0.198. The SMILES string of the molecule is COc1cccc(N(C)C(=O)N2CCNCC2)c1. The number of benzene rings is 1. The highest BCUT2D eigenvalue weighted by Crippen LogP contribution is 2.20. The van der Waals surface area contributed by atoms with Gasteiger partial charge in [-0.2, -0.15) is 0 Å². The molecule has 5 nitrogen and oxygen atoms in total. The molecule has 0 saturated carbocycles. The molecule has 18 heavy (non-hydrogen) atoms. The molecule has 1 saturated heterocycles. The van der Waals surface area contributed by atoms with E-state index >= 15 is 0 Å². The van der Waals surface area contributed by atoms with Crippen LogP contribution in [-0.2, 0) is 0 Å². The van der Waals surface area contributed by atoms with Gasteiger partial charge >= 0.3 is 6.03 Å². The van der Waals surface area contributed by atoms with Gasteiger partial charge in [-0.15, -0.1) is 0 Å².